The van der Waals surface area contributed by atoms with Crippen molar-refractivity contribution in [1.29, 1.82) is 0 Å². The molecule has 6 nitrogen and oxygen atoms in total. The molecule has 6 heteroatoms. The van der Waals surface area contributed by atoms with Gasteiger partial charge in [-0.25, -0.2) is 0 Å². The number of nitrogens with one attached hydrogen (secondary N) is 1. The van der Waals surface area contributed by atoms with Crippen molar-refractivity contribution >= 4 is 16.8 Å². The van der Waals surface area contributed by atoms with Gasteiger partial charge in [0, 0.05) is 48.6 Å². The normalized spacial score (nSPS) is 18.3. The minimum atomic E-state index is 0.216. The van der Waals surface area contributed by atoms with Gasteiger partial charge in [-0.3, -0.25) is 4.79 Å². The number of rotatable bonds is 5. The van der Waals surface area contributed by atoms with Gasteiger partial charge < -0.3 is 14.5 Å². The van der Waals surface area contributed by atoms with Gasteiger partial charge in [0.05, 0.1) is 6.42 Å². The maximum atomic E-state index is 12.6. The van der Waals surface area contributed by atoms with Gasteiger partial charge in [0.25, 0.3) is 0 Å². The molecule has 1 amide bonds. The maximum absolute atomic E-state index is 12.6. The zero-order valence-electron chi connectivity index (χ0n) is 15.5. The standard InChI is InChI=1S/C21H25N5O/c27-21(10-16-11-22-19-8-4-3-7-18(16)19)25-12-15(13-25)9-20-24-23-14-26(20)17-5-1-2-6-17/h3-4,7-8,11,14-15,17,22H,1-2,5-6,9-10,12-13H2. The van der Waals surface area contributed by atoms with Gasteiger partial charge >= 0.3 is 0 Å². The second-order valence-electron chi connectivity index (χ2n) is 8.00. The zero-order chi connectivity index (χ0) is 18.2. The number of para-hydroxylation sites is 1. The van der Waals surface area contributed by atoms with Gasteiger partial charge in [0.15, 0.2) is 0 Å². The van der Waals surface area contributed by atoms with E-state index in [1.54, 1.807) is 0 Å². The predicted molar refractivity (Wildman–Crippen MR) is 103 cm³/mol. The Morgan fingerprint density at radius 3 is 2.85 bits per heavy atom. The molecule has 5 rings (SSSR count). The van der Waals surface area contributed by atoms with Gasteiger partial charge in [-0.05, 0) is 24.5 Å². The Bertz CT molecular complexity index is 946. The summed E-state index contributed by atoms with van der Waals surface area (Å²) in [6.45, 7) is 1.66. The Morgan fingerprint density at radius 1 is 1.19 bits per heavy atom. The zero-order valence-corrected chi connectivity index (χ0v) is 15.5. The van der Waals surface area contributed by atoms with Crippen molar-refractivity contribution < 1.29 is 4.79 Å². The number of fused-ring (bicyclic) bond motifs is 1. The highest BCUT2D eigenvalue weighted by molar-refractivity contribution is 5.89. The van der Waals surface area contributed by atoms with E-state index in [1.807, 2.05) is 35.6 Å². The van der Waals surface area contributed by atoms with Gasteiger partial charge in [-0.15, -0.1) is 10.2 Å². The van der Waals surface area contributed by atoms with Gasteiger partial charge in [-0.1, -0.05) is 31.0 Å². The first-order chi connectivity index (χ1) is 13.3. The molecule has 2 fully saturated rings. The van der Waals surface area contributed by atoms with Crippen molar-refractivity contribution in [3.05, 3.63) is 48.2 Å². The number of carbonyl (C=O) groups excluding carboxylic acids is 1. The van der Waals surface area contributed by atoms with E-state index in [0.29, 0.717) is 18.4 Å². The molecule has 1 saturated heterocycles. The molecule has 140 valence electrons. The van der Waals surface area contributed by atoms with E-state index in [2.05, 4.69) is 25.8 Å². The van der Waals surface area contributed by atoms with Crippen LogP contribution in [-0.4, -0.2) is 43.6 Å². The highest BCUT2D eigenvalue weighted by atomic mass is 16.2. The fraction of sp³-hybridized carbons (Fsp3) is 0.476. The number of nitrogens with zero attached hydrogens (tertiary/aromatic N) is 4. The number of hydrogen-bond acceptors (Lipinski definition) is 3. The summed E-state index contributed by atoms with van der Waals surface area (Å²) in [6.07, 6.45) is 10.3. The molecule has 0 radical (unpaired) electrons. The highest BCUT2D eigenvalue weighted by Crippen LogP contribution is 2.31. The van der Waals surface area contributed by atoms with Crippen LogP contribution in [0.2, 0.25) is 0 Å². The fourth-order valence-corrected chi connectivity index (χ4v) is 4.61. The van der Waals surface area contributed by atoms with Crippen molar-refractivity contribution in [3.8, 4) is 0 Å². The molecule has 1 aromatic carbocycles. The van der Waals surface area contributed by atoms with Crippen LogP contribution in [0.25, 0.3) is 10.9 Å². The third-order valence-corrected chi connectivity index (χ3v) is 6.16. The lowest BCUT2D eigenvalue weighted by Crippen LogP contribution is -2.51. The summed E-state index contributed by atoms with van der Waals surface area (Å²) in [4.78, 5) is 17.9. The van der Waals surface area contributed by atoms with Crippen LogP contribution >= 0.6 is 0 Å². The molecule has 1 saturated carbocycles. The van der Waals surface area contributed by atoms with Crippen LogP contribution in [0.5, 0.6) is 0 Å². The molecule has 0 atom stereocenters. The van der Waals surface area contributed by atoms with E-state index in [0.717, 1.165) is 41.8 Å². The number of aromatic nitrogens is 4. The first kappa shape index (κ1) is 16.5. The minimum absolute atomic E-state index is 0.216. The molecule has 2 aromatic heterocycles. The predicted octanol–water partition coefficient (Wildman–Crippen LogP) is 3.12. The summed E-state index contributed by atoms with van der Waals surface area (Å²) in [5.41, 5.74) is 2.17. The lowest BCUT2D eigenvalue weighted by molar-refractivity contribution is -0.136. The SMILES string of the molecule is O=C(Cc1c[nH]c2ccccc12)N1CC(Cc2nncn2C2CCCC2)C1. The summed E-state index contributed by atoms with van der Waals surface area (Å²) in [5.74, 6) is 1.81. The molecule has 2 aliphatic rings. The summed E-state index contributed by atoms with van der Waals surface area (Å²) in [5, 5.41) is 9.64. The number of amides is 1. The van der Waals surface area contributed by atoms with Crippen LogP contribution in [0.1, 0.15) is 43.1 Å². The summed E-state index contributed by atoms with van der Waals surface area (Å²) in [7, 11) is 0. The topological polar surface area (TPSA) is 66.8 Å². The third-order valence-electron chi connectivity index (χ3n) is 6.16. The lowest BCUT2D eigenvalue weighted by atomic mass is 9.94. The average molecular weight is 363 g/mol. The molecule has 3 heterocycles. The van der Waals surface area contributed by atoms with Crippen molar-refractivity contribution in [1.82, 2.24) is 24.6 Å². The van der Waals surface area contributed by atoms with Crippen LogP contribution < -0.4 is 0 Å². The van der Waals surface area contributed by atoms with Gasteiger partial charge in [0.2, 0.25) is 5.91 Å². The lowest BCUT2D eigenvalue weighted by Gasteiger charge is -2.39. The van der Waals surface area contributed by atoms with Crippen molar-refractivity contribution in [2.75, 3.05) is 13.1 Å². The molecule has 1 aliphatic carbocycles. The van der Waals surface area contributed by atoms with E-state index in [4.69, 9.17) is 0 Å². The molecular formula is C21H25N5O. The van der Waals surface area contributed by atoms with Crippen LogP contribution in [0.15, 0.2) is 36.8 Å². The van der Waals surface area contributed by atoms with Crippen molar-refractivity contribution in [2.45, 2.75) is 44.6 Å². The van der Waals surface area contributed by atoms with E-state index in [9.17, 15) is 4.79 Å². The minimum Gasteiger partial charge on any atom is -0.361 e. The first-order valence-electron chi connectivity index (χ1n) is 9.99. The second-order valence-corrected chi connectivity index (χ2v) is 8.00. The maximum Gasteiger partial charge on any atom is 0.227 e. The number of carbonyl (C=O) groups is 1. The van der Waals surface area contributed by atoms with Gasteiger partial charge in [0.1, 0.15) is 12.2 Å². The molecule has 0 unspecified atom stereocenters. The Morgan fingerprint density at radius 2 is 2.00 bits per heavy atom. The first-order valence-corrected chi connectivity index (χ1v) is 9.99. The number of H-pyrrole nitrogens is 1. The number of benzene rings is 1. The molecular weight excluding hydrogens is 338 g/mol. The van der Waals surface area contributed by atoms with Crippen LogP contribution in [-0.2, 0) is 17.6 Å². The molecule has 1 N–H and O–H groups in total. The Labute approximate surface area is 158 Å². The van der Waals surface area contributed by atoms with Gasteiger partial charge in [-0.2, -0.15) is 0 Å². The van der Waals surface area contributed by atoms with Crippen molar-refractivity contribution in [2.24, 2.45) is 5.92 Å². The quantitative estimate of drug-likeness (QED) is 0.757. The Kier molecular flexibility index (Phi) is 4.19. The van der Waals surface area contributed by atoms with Crippen LogP contribution in [0.3, 0.4) is 0 Å². The molecule has 0 bridgehead atoms. The van der Waals surface area contributed by atoms with Crippen LogP contribution in [0, 0.1) is 5.92 Å². The molecule has 0 spiro atoms. The van der Waals surface area contributed by atoms with Crippen molar-refractivity contribution in [3.63, 3.8) is 0 Å². The average Bonchev–Trinajstić information content (AvgIpc) is 3.38. The Hall–Kier alpha value is -2.63. The molecule has 3 aromatic rings. The summed E-state index contributed by atoms with van der Waals surface area (Å²) >= 11 is 0. The fourth-order valence-electron chi connectivity index (χ4n) is 4.61. The smallest absolute Gasteiger partial charge is 0.227 e. The second kappa shape index (κ2) is 6.83. The molecule has 1 aliphatic heterocycles. The van der Waals surface area contributed by atoms with E-state index in [-0.39, 0.29) is 5.91 Å². The van der Waals surface area contributed by atoms with E-state index in [1.165, 1.54) is 25.7 Å². The summed E-state index contributed by atoms with van der Waals surface area (Å²) in [6, 6.07) is 8.72. The number of hydrogen-bond donors (Lipinski definition) is 1. The van der Waals surface area contributed by atoms with Crippen LogP contribution in [0.4, 0.5) is 0 Å². The molecule has 27 heavy (non-hydrogen) atoms. The monoisotopic (exact) mass is 363 g/mol. The van der Waals surface area contributed by atoms with E-state index >= 15 is 0 Å². The number of likely N-dealkylation sites (tertiary alicyclic amines) is 1. The number of aromatic amines is 1. The highest BCUT2D eigenvalue weighted by Gasteiger charge is 2.32. The largest absolute Gasteiger partial charge is 0.361 e. The summed E-state index contributed by atoms with van der Waals surface area (Å²) < 4.78 is 2.28. The van der Waals surface area contributed by atoms with E-state index < -0.39 is 0 Å². The third kappa shape index (κ3) is 3.13. The Balaban J connectivity index is 1.18.